The highest BCUT2D eigenvalue weighted by Crippen LogP contribution is 2.29. The number of rotatable bonds is 6. The third-order valence-corrected chi connectivity index (χ3v) is 3.43. The van der Waals surface area contributed by atoms with Crippen LogP contribution in [0, 0.1) is 17.8 Å². The number of hydrazine groups is 1. The Hall–Kier alpha value is -0.520. The van der Waals surface area contributed by atoms with Crippen LogP contribution in [-0.2, 0) is 0 Å². The highest BCUT2D eigenvalue weighted by Gasteiger charge is 2.16. The van der Waals surface area contributed by atoms with E-state index in [0.717, 1.165) is 18.8 Å². The number of nitrogens with one attached hydrogen (secondary N) is 1. The van der Waals surface area contributed by atoms with Crippen LogP contribution in [0.5, 0.6) is 0 Å². The largest absolute Gasteiger partial charge is 0.271 e. The topological polar surface area (TPSA) is 38.0 Å². The molecule has 1 unspecified atom stereocenters. The lowest BCUT2D eigenvalue weighted by Gasteiger charge is -2.16. The maximum atomic E-state index is 5.54. The first kappa shape index (κ1) is 12.5. The van der Waals surface area contributed by atoms with Crippen LogP contribution in [0.2, 0.25) is 0 Å². The normalized spacial score (nSPS) is 18.5. The maximum absolute atomic E-state index is 5.54. The summed E-state index contributed by atoms with van der Waals surface area (Å²) in [6.45, 7) is 1.89. The Kier molecular flexibility index (Phi) is 6.47. The zero-order valence-electron chi connectivity index (χ0n) is 9.89. The molecule has 0 aliphatic heterocycles. The van der Waals surface area contributed by atoms with Crippen LogP contribution in [0.4, 0.5) is 0 Å². The van der Waals surface area contributed by atoms with Gasteiger partial charge in [0.1, 0.15) is 0 Å². The molecule has 2 heteroatoms. The summed E-state index contributed by atoms with van der Waals surface area (Å²) in [5.41, 5.74) is 2.92. The van der Waals surface area contributed by atoms with Crippen LogP contribution in [0.25, 0.3) is 0 Å². The molecule has 1 aliphatic rings. The van der Waals surface area contributed by atoms with E-state index in [9.17, 15) is 0 Å². The van der Waals surface area contributed by atoms with Crippen molar-refractivity contribution in [1.29, 1.82) is 0 Å². The van der Waals surface area contributed by atoms with Crippen LogP contribution >= 0.6 is 0 Å². The second-order valence-corrected chi connectivity index (χ2v) is 4.56. The average Bonchev–Trinajstić information content (AvgIpc) is 2.76. The van der Waals surface area contributed by atoms with E-state index in [1.807, 2.05) is 6.92 Å². The number of hydrogen-bond acceptors (Lipinski definition) is 2. The first-order valence-corrected chi connectivity index (χ1v) is 6.22. The minimum Gasteiger partial charge on any atom is -0.271 e. The molecule has 0 aromatic carbocycles. The van der Waals surface area contributed by atoms with E-state index < -0.39 is 0 Å². The first-order chi connectivity index (χ1) is 7.36. The van der Waals surface area contributed by atoms with Crippen molar-refractivity contribution in [2.45, 2.75) is 64.3 Å². The molecular weight excluding hydrogens is 184 g/mol. The minimum atomic E-state index is 0.464. The lowest BCUT2D eigenvalue weighted by atomic mass is 9.97. The Morgan fingerprint density at radius 1 is 1.33 bits per heavy atom. The molecule has 0 radical (unpaired) electrons. The van der Waals surface area contributed by atoms with Crippen LogP contribution in [0.1, 0.15) is 58.3 Å². The molecule has 0 amide bonds. The number of nitrogens with two attached hydrogens (primary N) is 1. The molecule has 0 aromatic heterocycles. The van der Waals surface area contributed by atoms with E-state index in [1.54, 1.807) is 0 Å². The van der Waals surface area contributed by atoms with Gasteiger partial charge in [0.15, 0.2) is 0 Å². The molecule has 15 heavy (non-hydrogen) atoms. The second-order valence-electron chi connectivity index (χ2n) is 4.56. The Bertz CT molecular complexity index is 208. The fourth-order valence-corrected chi connectivity index (χ4v) is 2.42. The maximum Gasteiger partial charge on any atom is 0.0219 e. The van der Waals surface area contributed by atoms with Gasteiger partial charge in [0, 0.05) is 12.5 Å². The lowest BCUT2D eigenvalue weighted by molar-refractivity contribution is 0.396. The standard InChI is InChI=1S/C13H24N2/c1-2-3-4-9-13(15-14)11-10-12-7-5-6-8-12/h12-13,15H,4-11,14H2,1H3. The molecule has 0 aromatic rings. The zero-order chi connectivity index (χ0) is 10.9. The van der Waals surface area contributed by atoms with Crippen LogP contribution in [0.3, 0.4) is 0 Å². The van der Waals surface area contributed by atoms with Crippen molar-refractivity contribution < 1.29 is 0 Å². The Morgan fingerprint density at radius 2 is 2.07 bits per heavy atom. The monoisotopic (exact) mass is 208 g/mol. The minimum absolute atomic E-state index is 0.464. The highest BCUT2D eigenvalue weighted by atomic mass is 15.2. The van der Waals surface area contributed by atoms with Crippen molar-refractivity contribution in [3.05, 3.63) is 0 Å². The molecule has 1 aliphatic carbocycles. The van der Waals surface area contributed by atoms with Gasteiger partial charge in [-0.05, 0) is 32.1 Å². The summed E-state index contributed by atoms with van der Waals surface area (Å²) in [5.74, 6) is 12.5. The quantitative estimate of drug-likeness (QED) is 0.400. The molecule has 1 saturated carbocycles. The van der Waals surface area contributed by atoms with Gasteiger partial charge in [0.25, 0.3) is 0 Å². The number of hydrogen-bond donors (Lipinski definition) is 2. The highest BCUT2D eigenvalue weighted by molar-refractivity contribution is 4.95. The average molecular weight is 208 g/mol. The van der Waals surface area contributed by atoms with Gasteiger partial charge in [0.05, 0.1) is 0 Å². The fourth-order valence-electron chi connectivity index (χ4n) is 2.42. The van der Waals surface area contributed by atoms with E-state index in [0.29, 0.717) is 6.04 Å². The van der Waals surface area contributed by atoms with Crippen LogP contribution < -0.4 is 11.3 Å². The van der Waals surface area contributed by atoms with Crippen molar-refractivity contribution in [2.24, 2.45) is 11.8 Å². The summed E-state index contributed by atoms with van der Waals surface area (Å²) >= 11 is 0. The van der Waals surface area contributed by atoms with E-state index in [4.69, 9.17) is 5.84 Å². The Labute approximate surface area is 94.0 Å². The van der Waals surface area contributed by atoms with E-state index in [1.165, 1.54) is 38.5 Å². The van der Waals surface area contributed by atoms with Crippen LogP contribution in [0.15, 0.2) is 0 Å². The smallest absolute Gasteiger partial charge is 0.0219 e. The van der Waals surface area contributed by atoms with Crippen molar-refractivity contribution in [2.75, 3.05) is 0 Å². The third kappa shape index (κ3) is 5.20. The SMILES string of the molecule is CC#CCCC(CCC1CCCC1)NN. The predicted molar refractivity (Wildman–Crippen MR) is 65.0 cm³/mol. The van der Waals surface area contributed by atoms with Gasteiger partial charge in [-0.15, -0.1) is 11.8 Å². The third-order valence-electron chi connectivity index (χ3n) is 3.43. The molecule has 2 nitrogen and oxygen atoms in total. The molecule has 1 rings (SSSR count). The van der Waals surface area contributed by atoms with Crippen molar-refractivity contribution >= 4 is 0 Å². The Morgan fingerprint density at radius 3 is 2.67 bits per heavy atom. The van der Waals surface area contributed by atoms with Gasteiger partial charge in [-0.2, -0.15) is 0 Å². The van der Waals surface area contributed by atoms with E-state index >= 15 is 0 Å². The molecule has 0 bridgehead atoms. The lowest BCUT2D eigenvalue weighted by Crippen LogP contribution is -2.35. The Balaban J connectivity index is 2.11. The van der Waals surface area contributed by atoms with E-state index in [2.05, 4.69) is 17.3 Å². The zero-order valence-corrected chi connectivity index (χ0v) is 9.89. The van der Waals surface area contributed by atoms with Gasteiger partial charge in [0.2, 0.25) is 0 Å². The van der Waals surface area contributed by atoms with Crippen molar-refractivity contribution in [1.82, 2.24) is 5.43 Å². The summed E-state index contributed by atoms with van der Waals surface area (Å²) in [6.07, 6.45) is 10.4. The molecule has 1 fully saturated rings. The molecule has 0 saturated heterocycles. The van der Waals surface area contributed by atoms with Gasteiger partial charge in [-0.3, -0.25) is 11.3 Å². The summed E-state index contributed by atoms with van der Waals surface area (Å²) in [4.78, 5) is 0. The molecule has 0 heterocycles. The summed E-state index contributed by atoms with van der Waals surface area (Å²) < 4.78 is 0. The van der Waals surface area contributed by atoms with Gasteiger partial charge in [-0.1, -0.05) is 25.7 Å². The van der Waals surface area contributed by atoms with Gasteiger partial charge in [-0.25, -0.2) is 0 Å². The second kappa shape index (κ2) is 7.73. The van der Waals surface area contributed by atoms with E-state index in [-0.39, 0.29) is 0 Å². The molecule has 0 spiro atoms. The fraction of sp³-hybridized carbons (Fsp3) is 0.846. The molecule has 3 N–H and O–H groups in total. The molecule has 1 atom stereocenters. The molecular formula is C13H24N2. The summed E-state index contributed by atoms with van der Waals surface area (Å²) in [6, 6.07) is 0.464. The molecule has 86 valence electrons. The van der Waals surface area contributed by atoms with Gasteiger partial charge >= 0.3 is 0 Å². The summed E-state index contributed by atoms with van der Waals surface area (Å²) in [5, 5.41) is 0. The van der Waals surface area contributed by atoms with Gasteiger partial charge < -0.3 is 0 Å². The first-order valence-electron chi connectivity index (χ1n) is 6.22. The van der Waals surface area contributed by atoms with Crippen molar-refractivity contribution in [3.8, 4) is 11.8 Å². The van der Waals surface area contributed by atoms with Crippen molar-refractivity contribution in [3.63, 3.8) is 0 Å². The predicted octanol–water partition coefficient (Wildman–Crippen LogP) is 2.59. The van der Waals surface area contributed by atoms with Crippen LogP contribution in [-0.4, -0.2) is 6.04 Å². The summed E-state index contributed by atoms with van der Waals surface area (Å²) in [7, 11) is 0.